The van der Waals surface area contributed by atoms with Crippen molar-refractivity contribution >= 4 is 5.91 Å². The van der Waals surface area contributed by atoms with Gasteiger partial charge in [-0.1, -0.05) is 17.3 Å². The van der Waals surface area contributed by atoms with E-state index < -0.39 is 0 Å². The van der Waals surface area contributed by atoms with Crippen LogP contribution in [0.15, 0.2) is 28.8 Å². The first-order chi connectivity index (χ1) is 12.1. The van der Waals surface area contributed by atoms with E-state index in [2.05, 4.69) is 22.1 Å². The minimum absolute atomic E-state index is 0.0000491. The molecule has 0 N–H and O–H groups in total. The molecule has 4 rings (SSSR count). The van der Waals surface area contributed by atoms with Crippen molar-refractivity contribution in [3.05, 3.63) is 35.7 Å². The number of aryl methyl sites for hydroxylation is 1. The first kappa shape index (κ1) is 16.2. The zero-order valence-corrected chi connectivity index (χ0v) is 14.5. The van der Waals surface area contributed by atoms with Gasteiger partial charge in [-0.15, -0.1) is 0 Å². The number of fused-ring (bicyclic) bond motifs is 1. The van der Waals surface area contributed by atoms with Crippen LogP contribution in [0.4, 0.5) is 0 Å². The Morgan fingerprint density at radius 1 is 1.28 bits per heavy atom. The van der Waals surface area contributed by atoms with Crippen LogP contribution in [0.3, 0.4) is 0 Å². The Morgan fingerprint density at radius 3 is 2.92 bits per heavy atom. The summed E-state index contributed by atoms with van der Waals surface area (Å²) in [4.78, 5) is 21.8. The van der Waals surface area contributed by atoms with Crippen molar-refractivity contribution in [2.45, 2.75) is 25.5 Å². The number of benzene rings is 1. The summed E-state index contributed by atoms with van der Waals surface area (Å²) in [6.07, 6.45) is 1.07. The number of hydrogen-bond acceptors (Lipinski definition) is 6. The second-order valence-electron chi connectivity index (χ2n) is 6.72. The third-order valence-corrected chi connectivity index (χ3v) is 4.96. The molecule has 2 aromatic rings. The molecule has 0 spiro atoms. The number of carbonyl (C=O) groups excluding carboxylic acids is 1. The maximum Gasteiger partial charge on any atom is 0.258 e. The Hall–Kier alpha value is -2.25. The highest BCUT2D eigenvalue weighted by atomic mass is 16.5. The van der Waals surface area contributed by atoms with Crippen LogP contribution in [0.2, 0.25) is 0 Å². The molecule has 0 aliphatic carbocycles. The second-order valence-corrected chi connectivity index (χ2v) is 6.72. The zero-order chi connectivity index (χ0) is 17.4. The van der Waals surface area contributed by atoms with Crippen molar-refractivity contribution in [2.75, 3.05) is 33.3 Å². The summed E-state index contributed by atoms with van der Waals surface area (Å²) in [5, 5.41) is 3.84. The van der Waals surface area contributed by atoms with E-state index in [0.717, 1.165) is 19.5 Å². The third kappa shape index (κ3) is 3.05. The highest BCUT2D eigenvalue weighted by molar-refractivity contribution is 6.00. The van der Waals surface area contributed by atoms with Crippen LogP contribution in [0.5, 0.6) is 0 Å². The molecule has 25 heavy (non-hydrogen) atoms. The van der Waals surface area contributed by atoms with Gasteiger partial charge >= 0.3 is 0 Å². The summed E-state index contributed by atoms with van der Waals surface area (Å²) in [5.74, 6) is 0.935. The smallest absolute Gasteiger partial charge is 0.258 e. The molecule has 2 saturated heterocycles. The predicted molar refractivity (Wildman–Crippen MR) is 91.1 cm³/mol. The Morgan fingerprint density at radius 2 is 2.12 bits per heavy atom. The first-order valence-corrected chi connectivity index (χ1v) is 8.64. The summed E-state index contributed by atoms with van der Waals surface area (Å²) in [7, 11) is 2.09. The van der Waals surface area contributed by atoms with Crippen LogP contribution in [0.25, 0.3) is 11.5 Å². The molecule has 3 heterocycles. The molecule has 1 aromatic heterocycles. The number of ether oxygens (including phenoxy) is 1. The summed E-state index contributed by atoms with van der Waals surface area (Å²) < 4.78 is 11.2. The molecule has 2 fully saturated rings. The number of likely N-dealkylation sites (tertiary alicyclic amines) is 1. The van der Waals surface area contributed by atoms with Crippen LogP contribution >= 0.6 is 0 Å². The van der Waals surface area contributed by atoms with Crippen molar-refractivity contribution in [3.63, 3.8) is 0 Å². The van der Waals surface area contributed by atoms with Crippen LogP contribution in [-0.4, -0.2) is 71.3 Å². The molecule has 7 heteroatoms. The van der Waals surface area contributed by atoms with Gasteiger partial charge in [0.2, 0.25) is 0 Å². The highest BCUT2D eigenvalue weighted by Gasteiger charge is 2.39. The van der Waals surface area contributed by atoms with Gasteiger partial charge < -0.3 is 19.1 Å². The largest absolute Gasteiger partial charge is 0.374 e. The summed E-state index contributed by atoms with van der Waals surface area (Å²) in [5.41, 5.74) is 1.28. The summed E-state index contributed by atoms with van der Waals surface area (Å²) >= 11 is 0. The lowest BCUT2D eigenvalue weighted by Gasteiger charge is -2.46. The van der Waals surface area contributed by atoms with Crippen molar-refractivity contribution in [3.8, 4) is 11.5 Å². The van der Waals surface area contributed by atoms with Gasteiger partial charge in [0.1, 0.15) is 0 Å². The maximum atomic E-state index is 13.3. The van der Waals surface area contributed by atoms with Gasteiger partial charge in [0, 0.05) is 19.6 Å². The standard InChI is InChI=1S/C18H22N4O3/c1-12-19-17(25-20-12)13-5-3-4-6-14(13)18(23)22-9-10-24-16-7-8-21(2)11-15(16)22/h3-6,15-16H,7-11H2,1-2H3/t15-,16-/m0/s1. The van der Waals surface area contributed by atoms with Gasteiger partial charge in [-0.3, -0.25) is 4.79 Å². The number of nitrogens with zero attached hydrogens (tertiary/aromatic N) is 4. The fourth-order valence-corrected chi connectivity index (χ4v) is 3.70. The van der Waals surface area contributed by atoms with E-state index in [9.17, 15) is 4.79 Å². The topological polar surface area (TPSA) is 71.7 Å². The van der Waals surface area contributed by atoms with E-state index in [1.165, 1.54) is 0 Å². The predicted octanol–water partition coefficient (Wildman–Crippen LogP) is 1.59. The zero-order valence-electron chi connectivity index (χ0n) is 14.5. The number of likely N-dealkylation sites (N-methyl/N-ethyl adjacent to an activating group) is 1. The van der Waals surface area contributed by atoms with E-state index >= 15 is 0 Å². The summed E-state index contributed by atoms with van der Waals surface area (Å²) in [6.45, 7) is 4.78. The molecule has 0 unspecified atom stereocenters. The fraction of sp³-hybridized carbons (Fsp3) is 0.500. The molecule has 2 aliphatic heterocycles. The number of hydrogen-bond donors (Lipinski definition) is 0. The van der Waals surface area contributed by atoms with Crippen LogP contribution in [0, 0.1) is 6.92 Å². The lowest BCUT2D eigenvalue weighted by molar-refractivity contribution is -0.0869. The molecule has 0 radical (unpaired) electrons. The van der Waals surface area contributed by atoms with Gasteiger partial charge in [0.25, 0.3) is 11.8 Å². The maximum absolute atomic E-state index is 13.3. The highest BCUT2D eigenvalue weighted by Crippen LogP contribution is 2.28. The number of aromatic nitrogens is 2. The Balaban J connectivity index is 1.66. The molecule has 132 valence electrons. The van der Waals surface area contributed by atoms with E-state index in [1.54, 1.807) is 6.92 Å². The quantitative estimate of drug-likeness (QED) is 0.825. The molecule has 7 nitrogen and oxygen atoms in total. The fourth-order valence-electron chi connectivity index (χ4n) is 3.70. The monoisotopic (exact) mass is 342 g/mol. The lowest BCUT2D eigenvalue weighted by Crippen LogP contribution is -2.60. The molecular formula is C18H22N4O3. The molecule has 0 bridgehead atoms. The average Bonchev–Trinajstić information content (AvgIpc) is 3.07. The minimum Gasteiger partial charge on any atom is -0.374 e. The average molecular weight is 342 g/mol. The van der Waals surface area contributed by atoms with E-state index in [0.29, 0.717) is 36.0 Å². The SMILES string of the molecule is Cc1noc(-c2ccccc2C(=O)N2CCO[C@H]3CCN(C)C[C@@H]32)n1. The first-order valence-electron chi connectivity index (χ1n) is 8.64. The lowest BCUT2D eigenvalue weighted by atomic mass is 9.97. The van der Waals surface area contributed by atoms with Crippen LogP contribution < -0.4 is 0 Å². The van der Waals surface area contributed by atoms with Gasteiger partial charge in [-0.2, -0.15) is 4.98 Å². The van der Waals surface area contributed by atoms with Crippen molar-refractivity contribution in [1.82, 2.24) is 19.9 Å². The Bertz CT molecular complexity index is 775. The van der Waals surface area contributed by atoms with Crippen molar-refractivity contribution in [1.29, 1.82) is 0 Å². The Kier molecular flexibility index (Phi) is 4.27. The molecule has 2 aliphatic rings. The van der Waals surface area contributed by atoms with Gasteiger partial charge in [0.15, 0.2) is 5.82 Å². The summed E-state index contributed by atoms with van der Waals surface area (Å²) in [6, 6.07) is 7.50. The number of carbonyl (C=O) groups is 1. The van der Waals surface area contributed by atoms with E-state index in [-0.39, 0.29) is 18.1 Å². The number of morpholine rings is 1. The van der Waals surface area contributed by atoms with Crippen molar-refractivity contribution in [2.24, 2.45) is 0 Å². The third-order valence-electron chi connectivity index (χ3n) is 4.96. The number of rotatable bonds is 2. The molecular weight excluding hydrogens is 320 g/mol. The normalized spacial score (nSPS) is 24.2. The second kappa shape index (κ2) is 6.57. The minimum atomic E-state index is 0.0000491. The number of amides is 1. The molecule has 1 amide bonds. The molecule has 2 atom stereocenters. The number of piperidine rings is 1. The molecule has 0 saturated carbocycles. The van der Waals surface area contributed by atoms with E-state index in [1.807, 2.05) is 29.2 Å². The van der Waals surface area contributed by atoms with Gasteiger partial charge in [-0.25, -0.2) is 0 Å². The van der Waals surface area contributed by atoms with Crippen LogP contribution in [0.1, 0.15) is 22.6 Å². The van der Waals surface area contributed by atoms with Gasteiger partial charge in [0.05, 0.1) is 29.9 Å². The van der Waals surface area contributed by atoms with Crippen LogP contribution in [-0.2, 0) is 4.74 Å². The van der Waals surface area contributed by atoms with Gasteiger partial charge in [-0.05, 0) is 32.5 Å². The Labute approximate surface area is 146 Å². The van der Waals surface area contributed by atoms with Crippen molar-refractivity contribution < 1.29 is 14.1 Å². The molecule has 1 aromatic carbocycles. The van der Waals surface area contributed by atoms with E-state index in [4.69, 9.17) is 9.26 Å².